The van der Waals surface area contributed by atoms with Crippen molar-refractivity contribution in [2.45, 2.75) is 56.7 Å². The topological polar surface area (TPSA) is 20.2 Å². The zero-order chi connectivity index (χ0) is 13.9. The fourth-order valence-corrected chi connectivity index (χ4v) is 6.00. The molecule has 1 N–H and O–H groups in total. The van der Waals surface area contributed by atoms with Gasteiger partial charge in [0, 0.05) is 11.1 Å². The normalized spacial score (nSPS) is 38.4. The molecule has 4 aliphatic carbocycles. The van der Waals surface area contributed by atoms with Crippen LogP contribution in [0.25, 0.3) is 0 Å². The first-order valence-corrected chi connectivity index (χ1v) is 8.52. The van der Waals surface area contributed by atoms with E-state index in [1.165, 1.54) is 49.7 Å². The quantitative estimate of drug-likeness (QED) is 0.768. The van der Waals surface area contributed by atoms with Gasteiger partial charge in [0.25, 0.3) is 0 Å². The van der Waals surface area contributed by atoms with E-state index in [9.17, 15) is 5.11 Å². The summed E-state index contributed by atoms with van der Waals surface area (Å²) in [6.07, 6.45) is 8.18. The molecule has 0 atom stereocenters. The monoisotopic (exact) mass is 290 g/mol. The highest BCUT2D eigenvalue weighted by molar-refractivity contribution is 6.17. The number of rotatable bonds is 2. The summed E-state index contributed by atoms with van der Waals surface area (Å²) in [4.78, 5) is 0. The predicted molar refractivity (Wildman–Crippen MR) is 82.3 cm³/mol. The van der Waals surface area contributed by atoms with Crippen molar-refractivity contribution in [2.24, 2.45) is 17.8 Å². The van der Waals surface area contributed by atoms with Gasteiger partial charge in [0.05, 0.1) is 5.88 Å². The number of hydrogen-bond acceptors (Lipinski definition) is 1. The Hall–Kier alpha value is -0.690. The highest BCUT2D eigenvalue weighted by Crippen LogP contribution is 2.62. The van der Waals surface area contributed by atoms with E-state index in [1.807, 2.05) is 6.07 Å². The van der Waals surface area contributed by atoms with Crippen molar-refractivity contribution in [3.05, 3.63) is 28.8 Å². The van der Waals surface area contributed by atoms with Gasteiger partial charge in [0.1, 0.15) is 5.75 Å². The molecule has 2 heteroatoms. The molecule has 0 aromatic heterocycles. The number of halogens is 1. The number of phenols is 1. The molecular weight excluding hydrogens is 268 g/mol. The van der Waals surface area contributed by atoms with Gasteiger partial charge in [-0.3, -0.25) is 0 Å². The Bertz CT molecular complexity index is 513. The minimum Gasteiger partial charge on any atom is -0.507 e. The van der Waals surface area contributed by atoms with E-state index in [-0.39, 0.29) is 5.41 Å². The summed E-state index contributed by atoms with van der Waals surface area (Å²) in [7, 11) is 0. The fraction of sp³-hybridized carbons (Fsp3) is 0.667. The first kappa shape index (κ1) is 13.0. The molecule has 4 aliphatic rings. The Balaban J connectivity index is 1.82. The van der Waals surface area contributed by atoms with Gasteiger partial charge >= 0.3 is 0 Å². The largest absolute Gasteiger partial charge is 0.507 e. The lowest BCUT2D eigenvalue weighted by Gasteiger charge is -2.57. The molecule has 108 valence electrons. The zero-order valence-electron chi connectivity index (χ0n) is 12.2. The SMILES string of the molecule is Cc1cc(CCl)c(O)c(C23CC4CC(CC(C4)C2)C3)c1. The average molecular weight is 291 g/mol. The second kappa shape index (κ2) is 4.40. The zero-order valence-corrected chi connectivity index (χ0v) is 12.9. The lowest BCUT2D eigenvalue weighted by atomic mass is 9.48. The van der Waals surface area contributed by atoms with Crippen molar-refractivity contribution in [1.82, 2.24) is 0 Å². The number of phenolic OH excluding ortho intramolecular Hbond substituents is 1. The third-order valence-corrected chi connectivity index (χ3v) is 6.37. The maximum atomic E-state index is 10.7. The van der Waals surface area contributed by atoms with E-state index in [0.29, 0.717) is 11.6 Å². The minimum atomic E-state index is 0.256. The van der Waals surface area contributed by atoms with E-state index in [4.69, 9.17) is 11.6 Å². The van der Waals surface area contributed by atoms with E-state index < -0.39 is 0 Å². The average Bonchev–Trinajstić information content (AvgIpc) is 2.39. The second-order valence-electron chi connectivity index (χ2n) is 7.65. The first-order chi connectivity index (χ1) is 9.59. The summed E-state index contributed by atoms with van der Waals surface area (Å²) in [5, 5.41) is 10.7. The molecular formula is C18H23ClO. The molecule has 4 saturated carbocycles. The maximum absolute atomic E-state index is 10.7. The minimum absolute atomic E-state index is 0.256. The highest BCUT2D eigenvalue weighted by atomic mass is 35.5. The summed E-state index contributed by atoms with van der Waals surface area (Å²) < 4.78 is 0. The van der Waals surface area contributed by atoms with Crippen molar-refractivity contribution in [1.29, 1.82) is 0 Å². The molecule has 0 heterocycles. The van der Waals surface area contributed by atoms with Crippen LogP contribution in [0.3, 0.4) is 0 Å². The van der Waals surface area contributed by atoms with Gasteiger partial charge in [-0.15, -0.1) is 11.6 Å². The van der Waals surface area contributed by atoms with Crippen LogP contribution >= 0.6 is 11.6 Å². The Labute approximate surface area is 126 Å². The lowest BCUT2D eigenvalue weighted by Crippen LogP contribution is -2.48. The molecule has 20 heavy (non-hydrogen) atoms. The van der Waals surface area contributed by atoms with Crippen LogP contribution in [-0.4, -0.2) is 5.11 Å². The van der Waals surface area contributed by atoms with Gasteiger partial charge in [0.15, 0.2) is 0 Å². The molecule has 4 fully saturated rings. The van der Waals surface area contributed by atoms with Crippen molar-refractivity contribution in [3.8, 4) is 5.75 Å². The summed E-state index contributed by atoms with van der Waals surface area (Å²) in [5.74, 6) is 3.61. The fourth-order valence-electron chi connectivity index (χ4n) is 5.80. The van der Waals surface area contributed by atoms with Gasteiger partial charge in [-0.05, 0) is 68.6 Å². The van der Waals surface area contributed by atoms with E-state index in [1.54, 1.807) is 0 Å². The Morgan fingerprint density at radius 3 is 2.15 bits per heavy atom. The van der Waals surface area contributed by atoms with Crippen LogP contribution < -0.4 is 0 Å². The van der Waals surface area contributed by atoms with Crippen LogP contribution in [0.4, 0.5) is 0 Å². The number of benzene rings is 1. The van der Waals surface area contributed by atoms with Gasteiger partial charge in [-0.1, -0.05) is 17.7 Å². The summed E-state index contributed by atoms with van der Waals surface area (Å²) in [5.41, 5.74) is 3.62. The molecule has 0 radical (unpaired) electrons. The van der Waals surface area contributed by atoms with Crippen LogP contribution in [0.2, 0.25) is 0 Å². The van der Waals surface area contributed by atoms with Crippen molar-refractivity contribution in [3.63, 3.8) is 0 Å². The van der Waals surface area contributed by atoms with E-state index in [2.05, 4.69) is 13.0 Å². The molecule has 0 aliphatic heterocycles. The first-order valence-electron chi connectivity index (χ1n) is 7.98. The van der Waals surface area contributed by atoms with Crippen LogP contribution in [0.15, 0.2) is 12.1 Å². The van der Waals surface area contributed by atoms with Gasteiger partial charge in [-0.2, -0.15) is 0 Å². The number of aryl methyl sites for hydroxylation is 1. The van der Waals surface area contributed by atoms with Gasteiger partial charge < -0.3 is 5.11 Å². The van der Waals surface area contributed by atoms with Crippen molar-refractivity contribution in [2.75, 3.05) is 0 Å². The van der Waals surface area contributed by atoms with E-state index in [0.717, 1.165) is 23.3 Å². The van der Waals surface area contributed by atoms with Crippen LogP contribution in [0.5, 0.6) is 5.75 Å². The smallest absolute Gasteiger partial charge is 0.123 e. The number of aromatic hydroxyl groups is 1. The molecule has 0 amide bonds. The second-order valence-corrected chi connectivity index (χ2v) is 7.92. The molecule has 5 rings (SSSR count). The molecule has 0 unspecified atom stereocenters. The molecule has 1 nitrogen and oxygen atoms in total. The van der Waals surface area contributed by atoms with Crippen molar-refractivity contribution >= 4 is 11.6 Å². The maximum Gasteiger partial charge on any atom is 0.123 e. The summed E-state index contributed by atoms with van der Waals surface area (Å²) in [6.45, 7) is 2.12. The number of alkyl halides is 1. The van der Waals surface area contributed by atoms with Crippen LogP contribution in [0.1, 0.15) is 55.2 Å². The third-order valence-electron chi connectivity index (χ3n) is 6.09. The highest BCUT2D eigenvalue weighted by Gasteiger charge is 2.52. The third kappa shape index (κ3) is 1.82. The Morgan fingerprint density at radius 2 is 1.65 bits per heavy atom. The summed E-state index contributed by atoms with van der Waals surface area (Å²) in [6, 6.07) is 4.27. The van der Waals surface area contributed by atoms with Crippen LogP contribution in [0, 0.1) is 24.7 Å². The Morgan fingerprint density at radius 1 is 1.10 bits per heavy atom. The lowest BCUT2D eigenvalue weighted by molar-refractivity contribution is -0.00620. The molecule has 1 aromatic carbocycles. The standard InChI is InChI=1S/C18H23ClO/c1-11-2-15(10-19)17(20)16(3-11)18-7-12-4-13(8-18)6-14(5-12)9-18/h2-3,12-14,20H,4-10H2,1H3. The van der Waals surface area contributed by atoms with Crippen molar-refractivity contribution < 1.29 is 5.11 Å². The van der Waals surface area contributed by atoms with Gasteiger partial charge in [-0.25, -0.2) is 0 Å². The molecule has 0 saturated heterocycles. The van der Waals surface area contributed by atoms with E-state index >= 15 is 0 Å². The summed E-state index contributed by atoms with van der Waals surface area (Å²) >= 11 is 6.02. The molecule has 0 spiro atoms. The van der Waals surface area contributed by atoms with Crippen LogP contribution in [-0.2, 0) is 11.3 Å². The molecule has 1 aromatic rings. The predicted octanol–water partition coefficient (Wildman–Crippen LogP) is 4.91. The number of hydrogen-bond donors (Lipinski definition) is 1. The molecule has 4 bridgehead atoms. The van der Waals surface area contributed by atoms with Gasteiger partial charge in [0.2, 0.25) is 0 Å². The Kier molecular flexibility index (Phi) is 2.86.